The van der Waals surface area contributed by atoms with Crippen LogP contribution in [0.1, 0.15) is 43.7 Å². The SMILES string of the molecule is CCC(C)n1ccc(CC(O)c2cccc(Cl)c2Cl)n1. The second kappa shape index (κ2) is 6.61. The van der Waals surface area contributed by atoms with E-state index in [1.165, 1.54) is 0 Å². The van der Waals surface area contributed by atoms with Gasteiger partial charge >= 0.3 is 0 Å². The van der Waals surface area contributed by atoms with E-state index < -0.39 is 6.10 Å². The number of hydrogen-bond donors (Lipinski definition) is 1. The van der Waals surface area contributed by atoms with Crippen molar-refractivity contribution in [1.82, 2.24) is 9.78 Å². The minimum Gasteiger partial charge on any atom is -0.388 e. The lowest BCUT2D eigenvalue weighted by atomic mass is 10.1. The van der Waals surface area contributed by atoms with Crippen LogP contribution in [0.4, 0.5) is 0 Å². The molecule has 1 N–H and O–H groups in total. The molecule has 1 aromatic heterocycles. The average molecular weight is 313 g/mol. The molecule has 0 aliphatic carbocycles. The zero-order chi connectivity index (χ0) is 14.7. The van der Waals surface area contributed by atoms with Crippen LogP contribution in [0.2, 0.25) is 10.0 Å². The van der Waals surface area contributed by atoms with E-state index in [0.29, 0.717) is 28.1 Å². The van der Waals surface area contributed by atoms with E-state index in [2.05, 4.69) is 18.9 Å². The topological polar surface area (TPSA) is 38.0 Å². The summed E-state index contributed by atoms with van der Waals surface area (Å²) in [6.07, 6.45) is 2.67. The molecule has 0 saturated carbocycles. The standard InChI is InChI=1S/C15H18Cl2N2O/c1-3-10(2)19-8-7-11(18-19)9-14(20)12-5-4-6-13(16)15(12)17/h4-8,10,14,20H,3,9H2,1-2H3. The fourth-order valence-electron chi connectivity index (χ4n) is 2.00. The van der Waals surface area contributed by atoms with Gasteiger partial charge in [0.25, 0.3) is 0 Å². The van der Waals surface area contributed by atoms with Crippen LogP contribution in [0, 0.1) is 0 Å². The first-order chi connectivity index (χ1) is 9.52. The zero-order valence-corrected chi connectivity index (χ0v) is 13.1. The predicted octanol–water partition coefficient (Wildman–Crippen LogP) is 4.44. The Morgan fingerprint density at radius 1 is 1.30 bits per heavy atom. The lowest BCUT2D eigenvalue weighted by Gasteiger charge is -2.12. The largest absolute Gasteiger partial charge is 0.388 e. The summed E-state index contributed by atoms with van der Waals surface area (Å²) in [4.78, 5) is 0. The molecule has 0 aliphatic heterocycles. The monoisotopic (exact) mass is 312 g/mol. The average Bonchev–Trinajstić information content (AvgIpc) is 2.89. The van der Waals surface area contributed by atoms with Crippen LogP contribution < -0.4 is 0 Å². The number of aromatic nitrogens is 2. The Hall–Kier alpha value is -1.03. The van der Waals surface area contributed by atoms with E-state index in [4.69, 9.17) is 23.2 Å². The van der Waals surface area contributed by atoms with Crippen LogP contribution in [-0.4, -0.2) is 14.9 Å². The molecule has 0 amide bonds. The Morgan fingerprint density at radius 2 is 2.05 bits per heavy atom. The molecular formula is C15H18Cl2N2O. The molecule has 108 valence electrons. The van der Waals surface area contributed by atoms with Gasteiger partial charge in [0.1, 0.15) is 0 Å². The van der Waals surface area contributed by atoms with Crippen LogP contribution in [0.15, 0.2) is 30.5 Å². The minimum absolute atomic E-state index is 0.357. The maximum atomic E-state index is 10.3. The molecule has 20 heavy (non-hydrogen) atoms. The highest BCUT2D eigenvalue weighted by atomic mass is 35.5. The second-order valence-corrected chi connectivity index (χ2v) is 5.69. The second-order valence-electron chi connectivity index (χ2n) is 4.91. The number of aliphatic hydroxyl groups is 1. The molecule has 0 bridgehead atoms. The molecule has 1 heterocycles. The fraction of sp³-hybridized carbons (Fsp3) is 0.400. The highest BCUT2D eigenvalue weighted by Gasteiger charge is 2.16. The van der Waals surface area contributed by atoms with Gasteiger partial charge in [-0.3, -0.25) is 4.68 Å². The maximum Gasteiger partial charge on any atom is 0.0861 e. The maximum absolute atomic E-state index is 10.3. The van der Waals surface area contributed by atoms with Crippen molar-refractivity contribution in [1.29, 1.82) is 0 Å². The summed E-state index contributed by atoms with van der Waals surface area (Å²) in [5, 5.41) is 15.6. The van der Waals surface area contributed by atoms with Gasteiger partial charge in [-0.1, -0.05) is 42.3 Å². The number of rotatable bonds is 5. The van der Waals surface area contributed by atoms with Crippen molar-refractivity contribution in [2.45, 2.75) is 38.8 Å². The molecule has 0 aliphatic rings. The smallest absolute Gasteiger partial charge is 0.0861 e. The lowest BCUT2D eigenvalue weighted by molar-refractivity contribution is 0.177. The summed E-state index contributed by atoms with van der Waals surface area (Å²) in [5.41, 5.74) is 1.48. The van der Waals surface area contributed by atoms with Crippen LogP contribution in [0.3, 0.4) is 0 Å². The number of halogens is 2. The zero-order valence-electron chi connectivity index (χ0n) is 11.6. The van der Waals surface area contributed by atoms with Crippen molar-refractivity contribution in [3.05, 3.63) is 51.8 Å². The van der Waals surface area contributed by atoms with Gasteiger partial charge in [0, 0.05) is 24.2 Å². The van der Waals surface area contributed by atoms with Gasteiger partial charge in [0.2, 0.25) is 0 Å². The molecule has 3 nitrogen and oxygen atoms in total. The third kappa shape index (κ3) is 3.35. The summed E-state index contributed by atoms with van der Waals surface area (Å²) < 4.78 is 1.92. The molecule has 0 radical (unpaired) electrons. The number of hydrogen-bond acceptors (Lipinski definition) is 2. The van der Waals surface area contributed by atoms with Crippen molar-refractivity contribution in [2.75, 3.05) is 0 Å². The summed E-state index contributed by atoms with van der Waals surface area (Å²) in [7, 11) is 0. The van der Waals surface area contributed by atoms with Crippen molar-refractivity contribution in [3.63, 3.8) is 0 Å². The fourth-order valence-corrected chi connectivity index (χ4v) is 2.44. The van der Waals surface area contributed by atoms with Gasteiger partial charge < -0.3 is 5.11 Å². The van der Waals surface area contributed by atoms with Gasteiger partial charge in [0.05, 0.1) is 21.8 Å². The molecule has 0 saturated heterocycles. The van der Waals surface area contributed by atoms with Crippen molar-refractivity contribution in [2.24, 2.45) is 0 Å². The van der Waals surface area contributed by atoms with Crippen molar-refractivity contribution >= 4 is 23.2 Å². The molecule has 2 rings (SSSR count). The first-order valence-electron chi connectivity index (χ1n) is 6.69. The summed E-state index contributed by atoms with van der Waals surface area (Å²) in [6.45, 7) is 4.23. The Labute approximate surface area is 129 Å². The molecule has 0 spiro atoms. The third-order valence-corrected chi connectivity index (χ3v) is 4.28. The minimum atomic E-state index is -0.707. The van der Waals surface area contributed by atoms with E-state index in [0.717, 1.165) is 12.1 Å². The van der Waals surface area contributed by atoms with Gasteiger partial charge in [0.15, 0.2) is 0 Å². The molecular weight excluding hydrogens is 295 g/mol. The van der Waals surface area contributed by atoms with Gasteiger partial charge in [-0.25, -0.2) is 0 Å². The van der Waals surface area contributed by atoms with Gasteiger partial charge in [-0.15, -0.1) is 0 Å². The summed E-state index contributed by atoms with van der Waals surface area (Å²) in [5.74, 6) is 0. The van der Waals surface area contributed by atoms with Crippen LogP contribution in [0.5, 0.6) is 0 Å². The third-order valence-electron chi connectivity index (χ3n) is 3.45. The lowest BCUT2D eigenvalue weighted by Crippen LogP contribution is -2.07. The molecule has 5 heteroatoms. The predicted molar refractivity (Wildman–Crippen MR) is 82.4 cm³/mol. The Balaban J connectivity index is 2.13. The van der Waals surface area contributed by atoms with Gasteiger partial charge in [-0.05, 0) is 25.5 Å². The summed E-state index contributed by atoms with van der Waals surface area (Å²) >= 11 is 12.1. The quantitative estimate of drug-likeness (QED) is 0.886. The van der Waals surface area contributed by atoms with Gasteiger partial charge in [-0.2, -0.15) is 5.10 Å². The van der Waals surface area contributed by atoms with Crippen molar-refractivity contribution in [3.8, 4) is 0 Å². The van der Waals surface area contributed by atoms with Crippen molar-refractivity contribution < 1.29 is 5.11 Å². The number of aliphatic hydroxyl groups excluding tert-OH is 1. The van der Waals surface area contributed by atoms with E-state index in [1.54, 1.807) is 18.2 Å². The van der Waals surface area contributed by atoms with Crippen LogP contribution in [-0.2, 0) is 6.42 Å². The molecule has 1 aromatic carbocycles. The van der Waals surface area contributed by atoms with E-state index in [-0.39, 0.29) is 0 Å². The van der Waals surface area contributed by atoms with E-state index in [9.17, 15) is 5.11 Å². The Morgan fingerprint density at radius 3 is 2.75 bits per heavy atom. The van der Waals surface area contributed by atoms with Crippen LogP contribution >= 0.6 is 23.2 Å². The molecule has 2 unspecified atom stereocenters. The molecule has 0 fully saturated rings. The highest BCUT2D eigenvalue weighted by Crippen LogP contribution is 2.31. The van der Waals surface area contributed by atoms with E-state index >= 15 is 0 Å². The van der Waals surface area contributed by atoms with Crippen LogP contribution in [0.25, 0.3) is 0 Å². The molecule has 2 aromatic rings. The first kappa shape index (κ1) is 15.4. The highest BCUT2D eigenvalue weighted by molar-refractivity contribution is 6.42. The first-order valence-corrected chi connectivity index (χ1v) is 7.44. The Bertz CT molecular complexity index is 583. The molecule has 2 atom stereocenters. The Kier molecular flexibility index (Phi) is 5.08. The summed E-state index contributed by atoms with van der Waals surface area (Å²) in [6, 6.07) is 7.55. The number of benzene rings is 1. The number of nitrogens with zero attached hydrogens (tertiary/aromatic N) is 2. The van der Waals surface area contributed by atoms with E-state index in [1.807, 2.05) is 16.9 Å². The normalized spacial score (nSPS) is 14.2.